The molecule has 3 aromatic carbocycles. The smallest absolute Gasteiger partial charge is 0.313 e. The molecule has 4 rings (SSSR count). The van der Waals surface area contributed by atoms with Crippen molar-refractivity contribution < 1.29 is 20.1 Å². The van der Waals surface area contributed by atoms with Gasteiger partial charge in [0.25, 0.3) is 0 Å². The van der Waals surface area contributed by atoms with Crippen LogP contribution in [0.15, 0.2) is 54.6 Å². The van der Waals surface area contributed by atoms with Gasteiger partial charge in [-0.2, -0.15) is 5.26 Å². The fourth-order valence-corrected chi connectivity index (χ4v) is 3.81. The van der Waals surface area contributed by atoms with Crippen LogP contribution in [0.25, 0.3) is 39.2 Å². The second-order valence-electron chi connectivity index (χ2n) is 8.76. The number of allylic oxidation sites excluding steroid dienone is 1. The second-order valence-corrected chi connectivity index (χ2v) is 8.76. The van der Waals surface area contributed by atoms with Crippen LogP contribution in [0.5, 0.6) is 11.5 Å². The van der Waals surface area contributed by atoms with Gasteiger partial charge in [0.2, 0.25) is 0 Å². The molecule has 0 fully saturated rings. The van der Waals surface area contributed by atoms with Gasteiger partial charge in [-0.1, -0.05) is 12.1 Å². The number of aliphatic carboxylic acids is 1. The highest BCUT2D eigenvalue weighted by molar-refractivity contribution is 5.90. The summed E-state index contributed by atoms with van der Waals surface area (Å²) in [6, 6.07) is 14.8. The number of carboxylic acid groups (broad SMARTS) is 1. The Bertz CT molecular complexity index is 1560. The number of fused-ring (bicyclic) bond motifs is 1. The number of aromatic amines is 1. The molecular weight excluding hydrogens is 444 g/mol. The molecule has 6 N–H and O–H groups in total. The highest BCUT2D eigenvalue weighted by Crippen LogP contribution is 2.44. The third-order valence-electron chi connectivity index (χ3n) is 6.16. The maximum atomic E-state index is 12.0. The Balaban J connectivity index is 2.01. The van der Waals surface area contributed by atoms with Gasteiger partial charge in [-0.05, 0) is 74.4 Å². The molecule has 0 aliphatic rings. The summed E-state index contributed by atoms with van der Waals surface area (Å²) in [6.45, 7) is 4.93. The van der Waals surface area contributed by atoms with E-state index in [-0.39, 0.29) is 33.8 Å². The number of hydrogen-bond donors (Lipinski definition) is 5. The molecule has 176 valence electrons. The first kappa shape index (κ1) is 23.4. The first-order valence-electron chi connectivity index (χ1n) is 10.8. The molecule has 0 atom stereocenters. The number of H-pyrrole nitrogens is 1. The number of nitrogens with one attached hydrogen (secondary N) is 1. The number of nitrogens with zero attached hydrogens (tertiary/aromatic N) is 2. The number of phenols is 2. The monoisotopic (exact) mass is 468 g/mol. The SMILES string of the molecule is C/C=C(/N)c1ccc2nc(-c3cc(C(C)(C)C(=O)O)cc(-c4cc(C#N)ccc4O)c3O)[nH]c2c1. The van der Waals surface area contributed by atoms with E-state index in [0.29, 0.717) is 28.1 Å². The molecule has 0 radical (unpaired) electrons. The van der Waals surface area contributed by atoms with Crippen LogP contribution in [0, 0.1) is 11.3 Å². The first-order valence-corrected chi connectivity index (χ1v) is 10.8. The highest BCUT2D eigenvalue weighted by Gasteiger charge is 2.32. The second kappa shape index (κ2) is 8.54. The summed E-state index contributed by atoms with van der Waals surface area (Å²) in [5.41, 5.74) is 8.72. The molecule has 0 saturated carbocycles. The quantitative estimate of drug-likeness (QED) is 0.280. The number of aromatic hydroxyl groups is 2. The topological polar surface area (TPSA) is 156 Å². The fraction of sp³-hybridized carbons (Fsp3) is 0.148. The maximum absolute atomic E-state index is 12.0. The van der Waals surface area contributed by atoms with E-state index in [9.17, 15) is 25.4 Å². The van der Waals surface area contributed by atoms with E-state index in [1.165, 1.54) is 24.3 Å². The van der Waals surface area contributed by atoms with Gasteiger partial charge in [-0.15, -0.1) is 0 Å². The summed E-state index contributed by atoms with van der Waals surface area (Å²) in [7, 11) is 0. The molecule has 0 saturated heterocycles. The lowest BCUT2D eigenvalue weighted by molar-refractivity contribution is -0.142. The Labute approximate surface area is 201 Å². The van der Waals surface area contributed by atoms with Gasteiger partial charge >= 0.3 is 5.97 Å². The first-order chi connectivity index (χ1) is 16.6. The summed E-state index contributed by atoms with van der Waals surface area (Å²) in [4.78, 5) is 19.8. The van der Waals surface area contributed by atoms with Crippen molar-refractivity contribution in [1.29, 1.82) is 5.26 Å². The number of nitriles is 1. The zero-order valence-corrected chi connectivity index (χ0v) is 19.4. The lowest BCUT2D eigenvalue weighted by atomic mass is 9.81. The molecular formula is C27H24N4O4. The third-order valence-corrected chi connectivity index (χ3v) is 6.16. The Hall–Kier alpha value is -4.77. The van der Waals surface area contributed by atoms with Crippen molar-refractivity contribution in [3.05, 3.63) is 71.3 Å². The van der Waals surface area contributed by atoms with Gasteiger partial charge in [-0.25, -0.2) is 4.98 Å². The van der Waals surface area contributed by atoms with E-state index >= 15 is 0 Å². The Kier molecular flexibility index (Phi) is 5.71. The van der Waals surface area contributed by atoms with Gasteiger partial charge in [0, 0.05) is 16.8 Å². The lowest BCUT2D eigenvalue weighted by Crippen LogP contribution is -2.28. The van der Waals surface area contributed by atoms with Crippen molar-refractivity contribution in [3.8, 4) is 40.1 Å². The molecule has 0 aliphatic carbocycles. The van der Waals surface area contributed by atoms with Crippen LogP contribution < -0.4 is 5.73 Å². The van der Waals surface area contributed by atoms with Crippen LogP contribution in [0.4, 0.5) is 0 Å². The number of hydrogen-bond acceptors (Lipinski definition) is 6. The summed E-state index contributed by atoms with van der Waals surface area (Å²) in [6.07, 6.45) is 1.79. The van der Waals surface area contributed by atoms with Crippen molar-refractivity contribution in [3.63, 3.8) is 0 Å². The van der Waals surface area contributed by atoms with Gasteiger partial charge in [-0.3, -0.25) is 4.79 Å². The average molecular weight is 469 g/mol. The Morgan fingerprint density at radius 2 is 1.80 bits per heavy atom. The summed E-state index contributed by atoms with van der Waals surface area (Å²) >= 11 is 0. The summed E-state index contributed by atoms with van der Waals surface area (Å²) in [5, 5.41) is 41.0. The zero-order valence-electron chi connectivity index (χ0n) is 19.4. The van der Waals surface area contributed by atoms with Gasteiger partial charge in [0.15, 0.2) is 0 Å². The number of aromatic nitrogens is 2. The molecule has 8 heteroatoms. The molecule has 35 heavy (non-hydrogen) atoms. The Morgan fingerprint density at radius 1 is 1.09 bits per heavy atom. The number of carboxylic acids is 1. The number of rotatable bonds is 5. The zero-order chi connectivity index (χ0) is 25.5. The van der Waals surface area contributed by atoms with Crippen LogP contribution in [-0.2, 0) is 10.2 Å². The number of phenolic OH excluding ortho intramolecular Hbond substituents is 2. The van der Waals surface area contributed by atoms with Gasteiger partial charge in [0.1, 0.15) is 17.3 Å². The number of nitrogens with two attached hydrogens (primary N) is 1. The molecule has 0 spiro atoms. The molecule has 0 bridgehead atoms. The average Bonchev–Trinajstić information content (AvgIpc) is 3.27. The van der Waals surface area contributed by atoms with Crippen molar-refractivity contribution in [2.75, 3.05) is 0 Å². The van der Waals surface area contributed by atoms with E-state index in [2.05, 4.69) is 9.97 Å². The van der Waals surface area contributed by atoms with Crippen molar-refractivity contribution in [1.82, 2.24) is 9.97 Å². The van der Waals surface area contributed by atoms with Crippen LogP contribution >= 0.6 is 0 Å². The Morgan fingerprint density at radius 3 is 2.46 bits per heavy atom. The summed E-state index contributed by atoms with van der Waals surface area (Å²) in [5.74, 6) is -1.13. The van der Waals surface area contributed by atoms with Gasteiger partial charge < -0.3 is 26.0 Å². The number of carbonyl (C=O) groups is 1. The maximum Gasteiger partial charge on any atom is 0.313 e. The van der Waals surface area contributed by atoms with E-state index < -0.39 is 11.4 Å². The van der Waals surface area contributed by atoms with E-state index in [4.69, 9.17) is 5.73 Å². The third kappa shape index (κ3) is 4.04. The minimum absolute atomic E-state index is 0.161. The number of imidazole rings is 1. The minimum atomic E-state index is -1.32. The van der Waals surface area contributed by atoms with Crippen molar-refractivity contribution in [2.24, 2.45) is 5.73 Å². The van der Waals surface area contributed by atoms with Crippen molar-refractivity contribution in [2.45, 2.75) is 26.2 Å². The largest absolute Gasteiger partial charge is 0.507 e. The molecule has 0 amide bonds. The fourth-order valence-electron chi connectivity index (χ4n) is 3.81. The number of benzene rings is 3. The molecule has 1 heterocycles. The van der Waals surface area contributed by atoms with Crippen molar-refractivity contribution >= 4 is 22.7 Å². The minimum Gasteiger partial charge on any atom is -0.507 e. The van der Waals surface area contributed by atoms with Crippen LogP contribution in [-0.4, -0.2) is 31.3 Å². The van der Waals surface area contributed by atoms with E-state index in [1.54, 1.807) is 32.1 Å². The molecule has 8 nitrogen and oxygen atoms in total. The molecule has 1 aromatic heterocycles. The van der Waals surface area contributed by atoms with E-state index in [1.807, 2.05) is 25.1 Å². The standard InChI is InChI=1S/C27H24N4O4/c1-4-20(29)15-6-7-21-22(10-15)31-25(30-21)19-12-16(27(2,3)26(34)35)11-18(24(19)33)17-9-14(13-28)5-8-23(17)32/h4-12,32-33H,29H2,1-3H3,(H,30,31)(H,34,35)/b20-4+. The van der Waals surface area contributed by atoms with Crippen LogP contribution in [0.3, 0.4) is 0 Å². The normalized spacial score (nSPS) is 12.0. The molecule has 4 aromatic rings. The van der Waals surface area contributed by atoms with E-state index in [0.717, 1.165) is 5.56 Å². The van der Waals surface area contributed by atoms with Crippen LogP contribution in [0.1, 0.15) is 37.5 Å². The molecule has 0 unspecified atom stereocenters. The predicted molar refractivity (Wildman–Crippen MR) is 134 cm³/mol. The lowest BCUT2D eigenvalue weighted by Gasteiger charge is -2.22. The predicted octanol–water partition coefficient (Wildman–Crippen LogP) is 4.86. The summed E-state index contributed by atoms with van der Waals surface area (Å²) < 4.78 is 0. The highest BCUT2D eigenvalue weighted by atomic mass is 16.4. The van der Waals surface area contributed by atoms with Crippen LogP contribution in [0.2, 0.25) is 0 Å². The van der Waals surface area contributed by atoms with Gasteiger partial charge in [0.05, 0.1) is 33.6 Å². The molecule has 0 aliphatic heterocycles.